The summed E-state index contributed by atoms with van der Waals surface area (Å²) >= 11 is 0. The van der Waals surface area contributed by atoms with E-state index >= 15 is 0 Å². The largest absolute Gasteiger partial charge is 0.324 e. The van der Waals surface area contributed by atoms with Crippen LogP contribution in [0.4, 0.5) is 0 Å². The number of amides is 1. The summed E-state index contributed by atoms with van der Waals surface area (Å²) in [4.78, 5) is 16.6. The van der Waals surface area contributed by atoms with E-state index in [9.17, 15) is 4.79 Å². The zero-order valence-electron chi connectivity index (χ0n) is 11.9. The Morgan fingerprint density at radius 2 is 2.00 bits per heavy atom. The molecule has 1 rings (SSSR count). The van der Waals surface area contributed by atoms with Crippen LogP contribution in [0.1, 0.15) is 41.0 Å². The summed E-state index contributed by atoms with van der Waals surface area (Å²) < 4.78 is 0. The summed E-state index contributed by atoms with van der Waals surface area (Å²) in [7, 11) is 0. The molecule has 1 heterocycles. The molecular weight excluding hydrogens is 214 g/mol. The van der Waals surface area contributed by atoms with E-state index < -0.39 is 0 Å². The van der Waals surface area contributed by atoms with Crippen molar-refractivity contribution in [3.8, 4) is 0 Å². The first-order valence-electron chi connectivity index (χ1n) is 6.76. The highest BCUT2D eigenvalue weighted by Crippen LogP contribution is 2.21. The van der Waals surface area contributed by atoms with Gasteiger partial charge in [0.1, 0.15) is 0 Å². The molecule has 0 aromatic rings. The van der Waals surface area contributed by atoms with Crippen LogP contribution in [-0.2, 0) is 4.79 Å². The molecular formula is C13H27N3O. The molecule has 0 aromatic heterocycles. The summed E-state index contributed by atoms with van der Waals surface area (Å²) in [6.45, 7) is 14.3. The van der Waals surface area contributed by atoms with Crippen molar-refractivity contribution in [2.24, 2.45) is 0 Å². The maximum absolute atomic E-state index is 12.3. The van der Waals surface area contributed by atoms with Crippen molar-refractivity contribution >= 4 is 5.91 Å². The molecule has 100 valence electrons. The Morgan fingerprint density at radius 1 is 1.41 bits per heavy atom. The van der Waals surface area contributed by atoms with Gasteiger partial charge in [0.05, 0.1) is 12.2 Å². The van der Waals surface area contributed by atoms with E-state index in [0.717, 1.165) is 26.1 Å². The second-order valence-corrected chi connectivity index (χ2v) is 5.13. The standard InChI is InChI=1S/C13H27N3O/c1-6-13(5)12(17)16(10-14-13)11(4)9-15(7-2)8-3/h11,14H,6-10H2,1-5H3. The van der Waals surface area contributed by atoms with Gasteiger partial charge in [-0.3, -0.25) is 10.1 Å². The van der Waals surface area contributed by atoms with E-state index in [1.54, 1.807) is 0 Å². The van der Waals surface area contributed by atoms with Crippen LogP contribution in [0.25, 0.3) is 0 Å². The summed E-state index contributed by atoms with van der Waals surface area (Å²) in [6.07, 6.45) is 0.848. The van der Waals surface area contributed by atoms with Crippen LogP contribution in [0.5, 0.6) is 0 Å². The lowest BCUT2D eigenvalue weighted by Crippen LogP contribution is -2.47. The minimum Gasteiger partial charge on any atom is -0.324 e. The number of carbonyl (C=O) groups excluding carboxylic acids is 1. The SMILES string of the molecule is CCN(CC)CC(C)N1CNC(C)(CC)C1=O. The number of carbonyl (C=O) groups is 1. The van der Waals surface area contributed by atoms with E-state index in [-0.39, 0.29) is 17.5 Å². The van der Waals surface area contributed by atoms with Gasteiger partial charge in [-0.05, 0) is 33.4 Å². The fraction of sp³-hybridized carbons (Fsp3) is 0.923. The maximum atomic E-state index is 12.3. The lowest BCUT2D eigenvalue weighted by atomic mass is 9.99. The normalized spacial score (nSPS) is 26.9. The summed E-state index contributed by atoms with van der Waals surface area (Å²) in [5.41, 5.74) is -0.350. The first kappa shape index (κ1) is 14.5. The van der Waals surface area contributed by atoms with Gasteiger partial charge in [-0.2, -0.15) is 0 Å². The Morgan fingerprint density at radius 3 is 2.41 bits per heavy atom. The second kappa shape index (κ2) is 5.83. The second-order valence-electron chi connectivity index (χ2n) is 5.13. The molecule has 1 saturated heterocycles. The summed E-state index contributed by atoms with van der Waals surface area (Å²) in [5.74, 6) is 0.250. The molecule has 4 nitrogen and oxygen atoms in total. The Labute approximate surface area is 105 Å². The lowest BCUT2D eigenvalue weighted by molar-refractivity contribution is -0.133. The van der Waals surface area contributed by atoms with Crippen LogP contribution in [0, 0.1) is 0 Å². The monoisotopic (exact) mass is 241 g/mol. The van der Waals surface area contributed by atoms with Crippen LogP contribution >= 0.6 is 0 Å². The van der Waals surface area contributed by atoms with Gasteiger partial charge in [0.15, 0.2) is 0 Å². The van der Waals surface area contributed by atoms with Gasteiger partial charge in [-0.15, -0.1) is 0 Å². The molecule has 4 heteroatoms. The molecule has 1 fully saturated rings. The Bertz CT molecular complexity index is 265. The zero-order valence-corrected chi connectivity index (χ0v) is 11.9. The highest BCUT2D eigenvalue weighted by molar-refractivity contribution is 5.88. The predicted octanol–water partition coefficient (Wildman–Crippen LogP) is 1.27. The fourth-order valence-corrected chi connectivity index (χ4v) is 2.31. The van der Waals surface area contributed by atoms with Crippen LogP contribution in [0.2, 0.25) is 0 Å². The van der Waals surface area contributed by atoms with Crippen molar-refractivity contribution in [2.45, 2.75) is 52.6 Å². The molecule has 0 aliphatic carbocycles. The van der Waals surface area contributed by atoms with Crippen molar-refractivity contribution in [1.29, 1.82) is 0 Å². The van der Waals surface area contributed by atoms with E-state index in [2.05, 4.69) is 37.9 Å². The van der Waals surface area contributed by atoms with Crippen LogP contribution in [0.3, 0.4) is 0 Å². The van der Waals surface area contributed by atoms with E-state index in [1.165, 1.54) is 0 Å². The van der Waals surface area contributed by atoms with Gasteiger partial charge in [0, 0.05) is 12.6 Å². The van der Waals surface area contributed by atoms with Crippen molar-refractivity contribution in [3.63, 3.8) is 0 Å². The molecule has 2 unspecified atom stereocenters. The number of rotatable bonds is 6. The first-order valence-corrected chi connectivity index (χ1v) is 6.76. The van der Waals surface area contributed by atoms with Crippen LogP contribution < -0.4 is 5.32 Å². The molecule has 0 bridgehead atoms. The minimum absolute atomic E-state index is 0.250. The average molecular weight is 241 g/mol. The third-order valence-electron chi connectivity index (χ3n) is 4.03. The molecule has 0 aromatic carbocycles. The molecule has 1 amide bonds. The van der Waals surface area contributed by atoms with E-state index in [4.69, 9.17) is 0 Å². The Kier molecular flexibility index (Phi) is 4.95. The summed E-state index contributed by atoms with van der Waals surface area (Å²) in [5, 5.41) is 3.33. The Balaban J connectivity index is 2.60. The van der Waals surface area contributed by atoms with E-state index in [1.807, 2.05) is 11.8 Å². The lowest BCUT2D eigenvalue weighted by Gasteiger charge is -2.30. The topological polar surface area (TPSA) is 35.6 Å². The predicted molar refractivity (Wildman–Crippen MR) is 70.8 cm³/mol. The number of hydrogen-bond donors (Lipinski definition) is 1. The van der Waals surface area contributed by atoms with Gasteiger partial charge in [-0.1, -0.05) is 20.8 Å². The zero-order chi connectivity index (χ0) is 13.1. The number of hydrogen-bond acceptors (Lipinski definition) is 3. The van der Waals surface area contributed by atoms with Gasteiger partial charge in [0.2, 0.25) is 5.91 Å². The molecule has 1 N–H and O–H groups in total. The highest BCUT2D eigenvalue weighted by Gasteiger charge is 2.42. The van der Waals surface area contributed by atoms with Gasteiger partial charge >= 0.3 is 0 Å². The highest BCUT2D eigenvalue weighted by atomic mass is 16.2. The molecule has 17 heavy (non-hydrogen) atoms. The minimum atomic E-state index is -0.350. The van der Waals surface area contributed by atoms with Gasteiger partial charge < -0.3 is 9.80 Å². The maximum Gasteiger partial charge on any atom is 0.243 e. The molecule has 0 radical (unpaired) electrons. The number of likely N-dealkylation sites (N-methyl/N-ethyl adjacent to an activating group) is 1. The van der Waals surface area contributed by atoms with Crippen molar-refractivity contribution in [1.82, 2.24) is 15.1 Å². The van der Waals surface area contributed by atoms with Crippen molar-refractivity contribution in [3.05, 3.63) is 0 Å². The van der Waals surface area contributed by atoms with Gasteiger partial charge in [0.25, 0.3) is 0 Å². The quantitative estimate of drug-likeness (QED) is 0.761. The average Bonchev–Trinajstić information content (AvgIpc) is 2.64. The van der Waals surface area contributed by atoms with Crippen LogP contribution in [-0.4, -0.2) is 53.6 Å². The third kappa shape index (κ3) is 2.99. The third-order valence-corrected chi connectivity index (χ3v) is 4.03. The molecule has 2 atom stereocenters. The molecule has 0 saturated carbocycles. The van der Waals surface area contributed by atoms with Crippen molar-refractivity contribution in [2.75, 3.05) is 26.3 Å². The molecule has 0 spiro atoms. The first-order chi connectivity index (χ1) is 7.98. The van der Waals surface area contributed by atoms with Crippen LogP contribution in [0.15, 0.2) is 0 Å². The van der Waals surface area contributed by atoms with Crippen molar-refractivity contribution < 1.29 is 4.79 Å². The Hall–Kier alpha value is -0.610. The number of nitrogens with one attached hydrogen (secondary N) is 1. The number of nitrogens with zero attached hydrogens (tertiary/aromatic N) is 2. The molecule has 1 aliphatic heterocycles. The molecule has 1 aliphatic rings. The summed E-state index contributed by atoms with van der Waals surface area (Å²) in [6, 6.07) is 0.281. The fourth-order valence-electron chi connectivity index (χ4n) is 2.31. The smallest absolute Gasteiger partial charge is 0.243 e. The van der Waals surface area contributed by atoms with E-state index in [0.29, 0.717) is 6.67 Å². The van der Waals surface area contributed by atoms with Gasteiger partial charge in [-0.25, -0.2) is 0 Å².